The van der Waals surface area contributed by atoms with Crippen LogP contribution in [0.2, 0.25) is 18.1 Å². The maximum Gasteiger partial charge on any atom is 0.192 e. The molecular formula is C16H27BrN2OSi. The molecule has 0 bridgehead atoms. The van der Waals surface area contributed by atoms with Crippen molar-refractivity contribution in [1.82, 2.24) is 4.98 Å². The third-order valence-electron chi connectivity index (χ3n) is 4.84. The highest BCUT2D eigenvalue weighted by Gasteiger charge is 2.38. The molecule has 21 heavy (non-hydrogen) atoms. The summed E-state index contributed by atoms with van der Waals surface area (Å²) in [5.74, 6) is 0. The first-order chi connectivity index (χ1) is 9.71. The van der Waals surface area contributed by atoms with Crippen LogP contribution in [0.1, 0.15) is 33.6 Å². The first-order valence-electron chi connectivity index (χ1n) is 7.72. The van der Waals surface area contributed by atoms with Gasteiger partial charge in [-0.1, -0.05) is 20.8 Å². The van der Waals surface area contributed by atoms with Crippen molar-refractivity contribution in [2.75, 3.05) is 18.1 Å². The van der Waals surface area contributed by atoms with Crippen molar-refractivity contribution in [2.24, 2.45) is 0 Å². The quantitative estimate of drug-likeness (QED) is 0.709. The number of pyridine rings is 1. The Morgan fingerprint density at radius 2 is 2.10 bits per heavy atom. The van der Waals surface area contributed by atoms with Crippen LogP contribution in [0.4, 0.5) is 5.69 Å². The Kier molecular flexibility index (Phi) is 5.16. The van der Waals surface area contributed by atoms with Gasteiger partial charge in [0.05, 0.1) is 24.5 Å². The van der Waals surface area contributed by atoms with Gasteiger partial charge in [-0.25, -0.2) is 0 Å². The summed E-state index contributed by atoms with van der Waals surface area (Å²) in [5.41, 5.74) is 1.20. The summed E-state index contributed by atoms with van der Waals surface area (Å²) < 4.78 is 7.46. The topological polar surface area (TPSA) is 25.4 Å². The number of rotatable bonds is 4. The first-order valence-corrected chi connectivity index (χ1v) is 11.4. The highest BCUT2D eigenvalue weighted by molar-refractivity contribution is 9.10. The van der Waals surface area contributed by atoms with Crippen LogP contribution in [0.15, 0.2) is 22.9 Å². The second kappa shape index (κ2) is 6.38. The van der Waals surface area contributed by atoms with Gasteiger partial charge in [0.15, 0.2) is 8.32 Å². The molecule has 1 fully saturated rings. The fourth-order valence-electron chi connectivity index (χ4n) is 2.43. The normalized spacial score (nSPS) is 20.1. The van der Waals surface area contributed by atoms with Crippen LogP contribution in [0.3, 0.4) is 0 Å². The molecule has 2 heterocycles. The van der Waals surface area contributed by atoms with Crippen molar-refractivity contribution in [3.05, 3.63) is 22.9 Å². The van der Waals surface area contributed by atoms with E-state index in [1.54, 1.807) is 0 Å². The SMILES string of the molecule is CC(C)(C)[Si](C)(C)OCC1CCCN1c1cncc(Br)c1. The number of aromatic nitrogens is 1. The second-order valence-corrected chi connectivity index (χ2v) is 13.1. The molecule has 0 saturated carbocycles. The van der Waals surface area contributed by atoms with Gasteiger partial charge >= 0.3 is 0 Å². The molecule has 118 valence electrons. The second-order valence-electron chi connectivity index (χ2n) is 7.42. The van der Waals surface area contributed by atoms with Gasteiger partial charge in [0.2, 0.25) is 0 Å². The lowest BCUT2D eigenvalue weighted by Gasteiger charge is -2.38. The van der Waals surface area contributed by atoms with E-state index in [0.717, 1.165) is 17.6 Å². The van der Waals surface area contributed by atoms with Crippen LogP contribution in [-0.4, -0.2) is 32.5 Å². The van der Waals surface area contributed by atoms with Gasteiger partial charge in [0.1, 0.15) is 0 Å². The van der Waals surface area contributed by atoms with Crippen molar-refractivity contribution in [1.29, 1.82) is 0 Å². The van der Waals surface area contributed by atoms with Crippen LogP contribution in [0, 0.1) is 0 Å². The van der Waals surface area contributed by atoms with E-state index in [-0.39, 0.29) is 5.04 Å². The molecule has 1 aromatic heterocycles. The minimum absolute atomic E-state index is 0.272. The van der Waals surface area contributed by atoms with Gasteiger partial charge in [-0.05, 0) is 53.0 Å². The number of hydrogen-bond donors (Lipinski definition) is 0. The molecule has 3 nitrogen and oxygen atoms in total. The highest BCUT2D eigenvalue weighted by atomic mass is 79.9. The van der Waals surface area contributed by atoms with Gasteiger partial charge in [-0.2, -0.15) is 0 Å². The summed E-state index contributed by atoms with van der Waals surface area (Å²) in [6, 6.07) is 2.63. The molecule has 0 aromatic carbocycles. The molecule has 0 aliphatic carbocycles. The predicted octanol–water partition coefficient (Wildman–Crippen LogP) is 4.83. The maximum atomic E-state index is 6.42. The van der Waals surface area contributed by atoms with Crippen molar-refractivity contribution in [3.8, 4) is 0 Å². The Hall–Kier alpha value is -0.393. The predicted molar refractivity (Wildman–Crippen MR) is 95.5 cm³/mol. The van der Waals surface area contributed by atoms with Gasteiger partial charge in [-0.3, -0.25) is 4.98 Å². The fraction of sp³-hybridized carbons (Fsp3) is 0.688. The fourth-order valence-corrected chi connectivity index (χ4v) is 3.82. The van der Waals surface area contributed by atoms with E-state index in [0.29, 0.717) is 6.04 Å². The lowest BCUT2D eigenvalue weighted by atomic mass is 10.2. The Labute approximate surface area is 138 Å². The molecule has 1 atom stereocenters. The lowest BCUT2D eigenvalue weighted by Crippen LogP contribution is -2.44. The van der Waals surface area contributed by atoms with Crippen LogP contribution < -0.4 is 4.90 Å². The van der Waals surface area contributed by atoms with Gasteiger partial charge in [0, 0.05) is 17.2 Å². The molecule has 0 radical (unpaired) electrons. The summed E-state index contributed by atoms with van der Waals surface area (Å²) >= 11 is 3.51. The van der Waals surface area contributed by atoms with Crippen molar-refractivity contribution < 1.29 is 4.43 Å². The van der Waals surface area contributed by atoms with Crippen molar-refractivity contribution >= 4 is 29.9 Å². The molecule has 1 unspecified atom stereocenters. The molecule has 1 aliphatic rings. The van der Waals surface area contributed by atoms with E-state index in [4.69, 9.17) is 4.43 Å². The van der Waals surface area contributed by atoms with Crippen LogP contribution in [0.25, 0.3) is 0 Å². The summed E-state index contributed by atoms with van der Waals surface area (Å²) in [7, 11) is -1.67. The van der Waals surface area contributed by atoms with Crippen LogP contribution >= 0.6 is 15.9 Å². The number of hydrogen-bond acceptors (Lipinski definition) is 3. The van der Waals surface area contributed by atoms with Gasteiger partial charge in [0.25, 0.3) is 0 Å². The average molecular weight is 371 g/mol. The Bertz CT molecular complexity index is 487. The Morgan fingerprint density at radius 1 is 1.38 bits per heavy atom. The van der Waals surface area contributed by atoms with E-state index < -0.39 is 8.32 Å². The molecule has 0 amide bonds. The van der Waals surface area contributed by atoms with Crippen molar-refractivity contribution in [2.45, 2.75) is 57.8 Å². The first kappa shape index (κ1) is 17.0. The monoisotopic (exact) mass is 370 g/mol. The van der Waals surface area contributed by atoms with E-state index in [1.165, 1.54) is 18.5 Å². The van der Waals surface area contributed by atoms with Gasteiger partial charge < -0.3 is 9.33 Å². The summed E-state index contributed by atoms with van der Waals surface area (Å²) in [6.45, 7) is 13.5. The minimum Gasteiger partial charge on any atom is -0.415 e. The zero-order chi connectivity index (χ0) is 15.7. The summed E-state index contributed by atoms with van der Waals surface area (Å²) in [6.07, 6.45) is 6.23. The van der Waals surface area contributed by atoms with E-state index >= 15 is 0 Å². The molecule has 1 aromatic rings. The molecular weight excluding hydrogens is 344 g/mol. The molecule has 5 heteroatoms. The number of nitrogens with zero attached hydrogens (tertiary/aromatic N) is 2. The summed E-state index contributed by atoms with van der Waals surface area (Å²) in [4.78, 5) is 6.74. The van der Waals surface area contributed by atoms with E-state index in [9.17, 15) is 0 Å². The molecule has 1 saturated heterocycles. The van der Waals surface area contributed by atoms with Gasteiger partial charge in [-0.15, -0.1) is 0 Å². The third kappa shape index (κ3) is 4.08. The molecule has 0 spiro atoms. The number of halogens is 1. The summed E-state index contributed by atoms with van der Waals surface area (Å²) in [5, 5.41) is 0.272. The number of anilines is 1. The maximum absolute atomic E-state index is 6.42. The van der Waals surface area contributed by atoms with Crippen molar-refractivity contribution in [3.63, 3.8) is 0 Å². The Balaban J connectivity index is 2.03. The minimum atomic E-state index is -1.67. The van der Waals surface area contributed by atoms with Crippen LogP contribution in [-0.2, 0) is 4.43 Å². The standard InChI is InChI=1S/C16H27BrN2OSi/c1-16(2,3)21(4,5)20-12-14-7-6-8-19(14)15-9-13(17)10-18-11-15/h9-11,14H,6-8,12H2,1-5H3. The Morgan fingerprint density at radius 3 is 2.71 bits per heavy atom. The smallest absolute Gasteiger partial charge is 0.192 e. The van der Waals surface area contributed by atoms with E-state index in [2.05, 4.69) is 65.7 Å². The molecule has 1 aliphatic heterocycles. The zero-order valence-corrected chi connectivity index (χ0v) is 16.4. The highest BCUT2D eigenvalue weighted by Crippen LogP contribution is 2.37. The largest absolute Gasteiger partial charge is 0.415 e. The van der Waals surface area contributed by atoms with E-state index in [1.807, 2.05) is 12.4 Å². The molecule has 0 N–H and O–H groups in total. The van der Waals surface area contributed by atoms with Crippen LogP contribution in [0.5, 0.6) is 0 Å². The average Bonchev–Trinajstić information content (AvgIpc) is 2.83. The third-order valence-corrected chi connectivity index (χ3v) is 9.78. The lowest BCUT2D eigenvalue weighted by molar-refractivity contribution is 0.263. The molecule has 2 rings (SSSR count). The zero-order valence-electron chi connectivity index (χ0n) is 13.8.